The van der Waals surface area contributed by atoms with Gasteiger partial charge in [0.25, 0.3) is 0 Å². The van der Waals surface area contributed by atoms with Gasteiger partial charge in [0.2, 0.25) is 10.0 Å². The van der Waals surface area contributed by atoms with Gasteiger partial charge >= 0.3 is 0 Å². The second kappa shape index (κ2) is 6.00. The van der Waals surface area contributed by atoms with Crippen molar-refractivity contribution in [3.05, 3.63) is 53.7 Å². The molecule has 1 aromatic heterocycles. The maximum absolute atomic E-state index is 12.2. The predicted molar refractivity (Wildman–Crippen MR) is 77.3 cm³/mol. The number of aryl methyl sites for hydroxylation is 1. The molecule has 0 radical (unpaired) electrons. The molecule has 1 aromatic carbocycles. The highest BCUT2D eigenvalue weighted by atomic mass is 32.2. The third kappa shape index (κ3) is 3.32. The van der Waals surface area contributed by atoms with Crippen molar-refractivity contribution in [2.24, 2.45) is 5.84 Å². The molecule has 0 aliphatic rings. The van der Waals surface area contributed by atoms with Gasteiger partial charge in [0.15, 0.2) is 5.82 Å². The van der Waals surface area contributed by atoms with Crippen LogP contribution in [0.15, 0.2) is 47.5 Å². The van der Waals surface area contributed by atoms with Crippen molar-refractivity contribution < 1.29 is 8.42 Å². The van der Waals surface area contributed by atoms with Crippen LogP contribution in [0.4, 0.5) is 5.82 Å². The monoisotopic (exact) mass is 292 g/mol. The zero-order valence-electron chi connectivity index (χ0n) is 11.0. The Bertz CT molecular complexity index is 701. The Balaban J connectivity index is 2.19. The maximum Gasteiger partial charge on any atom is 0.244 e. The zero-order valence-corrected chi connectivity index (χ0v) is 11.8. The Labute approximate surface area is 118 Å². The summed E-state index contributed by atoms with van der Waals surface area (Å²) in [7, 11) is -3.67. The predicted octanol–water partition coefficient (Wildman–Crippen LogP) is 1.15. The number of hydrazine groups is 1. The zero-order chi connectivity index (χ0) is 14.6. The number of hydrogen-bond acceptors (Lipinski definition) is 5. The fourth-order valence-corrected chi connectivity index (χ4v) is 2.93. The molecule has 2 aromatic rings. The van der Waals surface area contributed by atoms with E-state index >= 15 is 0 Å². The van der Waals surface area contributed by atoms with Crippen molar-refractivity contribution in [1.82, 2.24) is 9.71 Å². The van der Waals surface area contributed by atoms with E-state index < -0.39 is 10.0 Å². The van der Waals surface area contributed by atoms with Gasteiger partial charge in [0, 0.05) is 12.7 Å². The van der Waals surface area contributed by atoms with Crippen molar-refractivity contribution in [3.8, 4) is 0 Å². The van der Waals surface area contributed by atoms with E-state index in [1.165, 1.54) is 12.3 Å². The second-order valence-corrected chi connectivity index (χ2v) is 6.04. The molecule has 0 atom stereocenters. The molecule has 0 saturated carbocycles. The van der Waals surface area contributed by atoms with Crippen molar-refractivity contribution in [1.29, 1.82) is 0 Å². The van der Waals surface area contributed by atoms with Gasteiger partial charge in [-0.1, -0.05) is 29.8 Å². The van der Waals surface area contributed by atoms with Gasteiger partial charge in [-0.15, -0.1) is 0 Å². The summed E-state index contributed by atoms with van der Waals surface area (Å²) in [5.41, 5.74) is 4.24. The quantitative estimate of drug-likeness (QED) is 0.567. The maximum atomic E-state index is 12.2. The number of nitrogens with two attached hydrogens (primary N) is 1. The number of nitrogen functional groups attached to an aromatic ring is 1. The van der Waals surface area contributed by atoms with Gasteiger partial charge in [-0.3, -0.25) is 0 Å². The van der Waals surface area contributed by atoms with Gasteiger partial charge < -0.3 is 5.43 Å². The van der Waals surface area contributed by atoms with Crippen LogP contribution in [0.5, 0.6) is 0 Å². The van der Waals surface area contributed by atoms with Crippen LogP contribution in [0.25, 0.3) is 0 Å². The first kappa shape index (κ1) is 14.4. The second-order valence-electron chi connectivity index (χ2n) is 4.31. The van der Waals surface area contributed by atoms with Crippen LogP contribution < -0.4 is 16.0 Å². The molecule has 0 amide bonds. The summed E-state index contributed by atoms with van der Waals surface area (Å²) in [4.78, 5) is 3.90. The summed E-state index contributed by atoms with van der Waals surface area (Å²) in [6, 6.07) is 10.6. The average molecular weight is 292 g/mol. The molecular formula is C13H16N4O2S. The molecule has 4 N–H and O–H groups in total. The minimum Gasteiger partial charge on any atom is -0.307 e. The number of pyridine rings is 1. The van der Waals surface area contributed by atoms with E-state index in [1.807, 2.05) is 31.2 Å². The number of aromatic nitrogens is 1. The molecule has 0 spiro atoms. The van der Waals surface area contributed by atoms with Gasteiger partial charge in [0.1, 0.15) is 4.90 Å². The van der Waals surface area contributed by atoms with Crippen molar-refractivity contribution >= 4 is 15.8 Å². The summed E-state index contributed by atoms with van der Waals surface area (Å²) in [5, 5.41) is 0. The number of rotatable bonds is 5. The minimum absolute atomic E-state index is 0.0233. The van der Waals surface area contributed by atoms with Gasteiger partial charge in [-0.25, -0.2) is 24.0 Å². The van der Waals surface area contributed by atoms with Crippen molar-refractivity contribution in [3.63, 3.8) is 0 Å². The van der Waals surface area contributed by atoms with E-state index in [1.54, 1.807) is 6.07 Å². The van der Waals surface area contributed by atoms with Gasteiger partial charge in [-0.2, -0.15) is 0 Å². The van der Waals surface area contributed by atoms with E-state index in [4.69, 9.17) is 5.84 Å². The van der Waals surface area contributed by atoms with E-state index in [-0.39, 0.29) is 17.3 Å². The lowest BCUT2D eigenvalue weighted by Crippen LogP contribution is -2.25. The van der Waals surface area contributed by atoms with Crippen molar-refractivity contribution in [2.75, 3.05) is 5.43 Å². The SMILES string of the molecule is Cc1cccc(CNS(=O)(=O)c2cccnc2NN)c1. The third-order valence-electron chi connectivity index (χ3n) is 2.75. The van der Waals surface area contributed by atoms with Gasteiger partial charge in [-0.05, 0) is 24.6 Å². The lowest BCUT2D eigenvalue weighted by atomic mass is 10.1. The topological polar surface area (TPSA) is 97.1 Å². The Morgan fingerprint density at radius 2 is 2.05 bits per heavy atom. The first-order valence-electron chi connectivity index (χ1n) is 6.00. The summed E-state index contributed by atoms with van der Waals surface area (Å²) in [5.74, 6) is 5.38. The highest BCUT2D eigenvalue weighted by Gasteiger charge is 2.18. The number of hydrogen-bond donors (Lipinski definition) is 3. The highest BCUT2D eigenvalue weighted by Crippen LogP contribution is 2.17. The smallest absolute Gasteiger partial charge is 0.244 e. The van der Waals surface area contributed by atoms with E-state index in [0.29, 0.717) is 0 Å². The lowest BCUT2D eigenvalue weighted by Gasteiger charge is -2.10. The Hall–Kier alpha value is -1.96. The molecule has 0 aliphatic carbocycles. The Morgan fingerprint density at radius 1 is 1.25 bits per heavy atom. The molecule has 0 unspecified atom stereocenters. The molecule has 6 nitrogen and oxygen atoms in total. The lowest BCUT2D eigenvalue weighted by molar-refractivity contribution is 0.581. The van der Waals surface area contributed by atoms with E-state index in [0.717, 1.165) is 11.1 Å². The third-order valence-corrected chi connectivity index (χ3v) is 4.18. The number of benzene rings is 1. The molecule has 0 saturated heterocycles. The number of anilines is 1. The number of sulfonamides is 1. The van der Waals surface area contributed by atoms with Crippen LogP contribution in [0.3, 0.4) is 0 Å². The molecule has 1 heterocycles. The Kier molecular flexibility index (Phi) is 4.33. The highest BCUT2D eigenvalue weighted by molar-refractivity contribution is 7.89. The molecule has 0 fully saturated rings. The van der Waals surface area contributed by atoms with E-state index in [2.05, 4.69) is 15.1 Å². The standard InChI is InChI=1S/C13H16N4O2S/c1-10-4-2-5-11(8-10)9-16-20(18,19)12-6-3-7-15-13(12)17-14/h2-8,16H,9,14H2,1H3,(H,15,17). The van der Waals surface area contributed by atoms with Crippen LogP contribution in [0, 0.1) is 6.92 Å². The number of nitrogens with one attached hydrogen (secondary N) is 2. The largest absolute Gasteiger partial charge is 0.307 e. The fraction of sp³-hybridized carbons (Fsp3) is 0.154. The average Bonchev–Trinajstić information content (AvgIpc) is 2.45. The molecular weight excluding hydrogens is 276 g/mol. The van der Waals surface area contributed by atoms with E-state index in [9.17, 15) is 8.42 Å². The van der Waals surface area contributed by atoms with Gasteiger partial charge in [0.05, 0.1) is 0 Å². The minimum atomic E-state index is -3.67. The van der Waals surface area contributed by atoms with Crippen LogP contribution in [0.2, 0.25) is 0 Å². The fourth-order valence-electron chi connectivity index (χ4n) is 1.79. The molecule has 20 heavy (non-hydrogen) atoms. The number of nitrogens with zero attached hydrogens (tertiary/aromatic N) is 1. The van der Waals surface area contributed by atoms with Crippen LogP contribution in [0.1, 0.15) is 11.1 Å². The van der Waals surface area contributed by atoms with Crippen LogP contribution in [-0.4, -0.2) is 13.4 Å². The first-order valence-corrected chi connectivity index (χ1v) is 7.48. The normalized spacial score (nSPS) is 11.3. The molecule has 0 bridgehead atoms. The first-order chi connectivity index (χ1) is 9.53. The summed E-state index contributed by atoms with van der Waals surface area (Å²) < 4.78 is 27.0. The summed E-state index contributed by atoms with van der Waals surface area (Å²) in [6.07, 6.45) is 1.47. The van der Waals surface area contributed by atoms with Crippen LogP contribution >= 0.6 is 0 Å². The molecule has 106 valence electrons. The molecule has 2 rings (SSSR count). The molecule has 7 heteroatoms. The van der Waals surface area contributed by atoms with Crippen molar-refractivity contribution in [2.45, 2.75) is 18.4 Å². The Morgan fingerprint density at radius 3 is 2.75 bits per heavy atom. The molecule has 0 aliphatic heterocycles. The summed E-state index contributed by atoms with van der Waals surface area (Å²) >= 11 is 0. The summed E-state index contributed by atoms with van der Waals surface area (Å²) in [6.45, 7) is 2.17. The van der Waals surface area contributed by atoms with Crippen LogP contribution in [-0.2, 0) is 16.6 Å².